The fourth-order valence-electron chi connectivity index (χ4n) is 2.70. The van der Waals surface area contributed by atoms with Crippen molar-refractivity contribution in [2.45, 2.75) is 33.1 Å². The quantitative estimate of drug-likeness (QED) is 0.831. The average molecular weight is 293 g/mol. The van der Waals surface area contributed by atoms with E-state index in [1.165, 1.54) is 6.07 Å². The highest BCUT2D eigenvalue weighted by atomic mass is 19.1. The predicted octanol–water partition coefficient (Wildman–Crippen LogP) is 3.49. The molecular formula is C17H24FNO2. The van der Waals surface area contributed by atoms with Gasteiger partial charge in [0.15, 0.2) is 11.6 Å². The summed E-state index contributed by atoms with van der Waals surface area (Å²) in [7, 11) is 0. The minimum absolute atomic E-state index is 0.0749. The molecule has 1 aromatic rings. The Labute approximate surface area is 126 Å². The summed E-state index contributed by atoms with van der Waals surface area (Å²) in [6.45, 7) is 6.08. The predicted molar refractivity (Wildman–Crippen MR) is 80.7 cm³/mol. The third-order valence-corrected chi connectivity index (χ3v) is 4.04. The van der Waals surface area contributed by atoms with Crippen LogP contribution in [0.5, 0.6) is 5.75 Å². The van der Waals surface area contributed by atoms with Crippen molar-refractivity contribution in [2.24, 2.45) is 11.8 Å². The molecule has 0 bridgehead atoms. The zero-order valence-corrected chi connectivity index (χ0v) is 12.8. The van der Waals surface area contributed by atoms with Crippen molar-refractivity contribution >= 4 is 5.91 Å². The zero-order chi connectivity index (χ0) is 15.2. The van der Waals surface area contributed by atoms with Crippen LogP contribution in [0.1, 0.15) is 33.1 Å². The molecule has 1 aliphatic rings. The summed E-state index contributed by atoms with van der Waals surface area (Å²) in [5.41, 5.74) is 0. The van der Waals surface area contributed by atoms with E-state index < -0.39 is 0 Å². The molecule has 0 atom stereocenters. The van der Waals surface area contributed by atoms with Crippen LogP contribution in [0.2, 0.25) is 0 Å². The normalized spacial score (nSPS) is 16.3. The maximum atomic E-state index is 13.4. The number of halogens is 1. The van der Waals surface area contributed by atoms with Crippen LogP contribution in [-0.2, 0) is 4.79 Å². The summed E-state index contributed by atoms with van der Waals surface area (Å²) in [6, 6.07) is 6.49. The van der Waals surface area contributed by atoms with E-state index in [-0.39, 0.29) is 17.6 Å². The third kappa shape index (κ3) is 4.45. The molecule has 3 nitrogen and oxygen atoms in total. The highest BCUT2D eigenvalue weighted by Gasteiger charge is 2.24. The number of nitrogens with zero attached hydrogens (tertiary/aromatic N) is 1. The van der Waals surface area contributed by atoms with Crippen molar-refractivity contribution in [2.75, 3.05) is 19.7 Å². The van der Waals surface area contributed by atoms with Crippen molar-refractivity contribution < 1.29 is 13.9 Å². The van der Waals surface area contributed by atoms with E-state index in [0.717, 1.165) is 32.4 Å². The Morgan fingerprint density at radius 2 is 2.00 bits per heavy atom. The first-order valence-electron chi connectivity index (χ1n) is 7.74. The van der Waals surface area contributed by atoms with Gasteiger partial charge >= 0.3 is 0 Å². The third-order valence-electron chi connectivity index (χ3n) is 4.04. The summed E-state index contributed by atoms with van der Waals surface area (Å²) < 4.78 is 18.9. The molecule has 4 heteroatoms. The van der Waals surface area contributed by atoms with Gasteiger partial charge in [0.2, 0.25) is 5.91 Å². The number of amides is 1. The largest absolute Gasteiger partial charge is 0.491 e. The number of carbonyl (C=O) groups excluding carboxylic acids is 1. The van der Waals surface area contributed by atoms with Crippen molar-refractivity contribution in [3.63, 3.8) is 0 Å². The molecule has 0 radical (unpaired) electrons. The lowest BCUT2D eigenvalue weighted by Crippen LogP contribution is -2.40. The number of benzene rings is 1. The van der Waals surface area contributed by atoms with Crippen molar-refractivity contribution in [1.29, 1.82) is 0 Å². The molecule has 0 spiro atoms. The number of carbonyl (C=O) groups is 1. The molecule has 1 heterocycles. The van der Waals surface area contributed by atoms with Gasteiger partial charge in [-0.2, -0.15) is 0 Å². The van der Waals surface area contributed by atoms with E-state index in [2.05, 4.69) is 0 Å². The van der Waals surface area contributed by atoms with E-state index in [9.17, 15) is 9.18 Å². The summed E-state index contributed by atoms with van der Waals surface area (Å²) in [6.07, 6.45) is 2.94. The number of hydrogen-bond acceptors (Lipinski definition) is 2. The Kier molecular flexibility index (Phi) is 5.59. The first-order chi connectivity index (χ1) is 10.1. The van der Waals surface area contributed by atoms with Crippen LogP contribution in [-0.4, -0.2) is 30.5 Å². The molecular weight excluding hydrogens is 269 g/mol. The second-order valence-corrected chi connectivity index (χ2v) is 5.99. The number of rotatable bonds is 5. The number of ether oxygens (including phenoxy) is 1. The van der Waals surface area contributed by atoms with Gasteiger partial charge in [0, 0.05) is 19.0 Å². The number of para-hydroxylation sites is 1. The first-order valence-corrected chi connectivity index (χ1v) is 7.74. The van der Waals surface area contributed by atoms with Crippen LogP contribution in [0.25, 0.3) is 0 Å². The number of piperidine rings is 1. The lowest BCUT2D eigenvalue weighted by molar-refractivity contribution is -0.135. The molecule has 21 heavy (non-hydrogen) atoms. The van der Waals surface area contributed by atoms with Crippen LogP contribution in [0, 0.1) is 17.7 Å². The topological polar surface area (TPSA) is 29.5 Å². The van der Waals surface area contributed by atoms with Gasteiger partial charge < -0.3 is 9.64 Å². The highest BCUT2D eigenvalue weighted by Crippen LogP contribution is 2.23. The van der Waals surface area contributed by atoms with Gasteiger partial charge in [-0.15, -0.1) is 0 Å². The van der Waals surface area contributed by atoms with Gasteiger partial charge in [0.05, 0.1) is 6.61 Å². The average Bonchev–Trinajstić information content (AvgIpc) is 2.49. The maximum absolute atomic E-state index is 13.4. The van der Waals surface area contributed by atoms with Crippen LogP contribution in [0.4, 0.5) is 4.39 Å². The lowest BCUT2D eigenvalue weighted by Gasteiger charge is -2.33. The highest BCUT2D eigenvalue weighted by molar-refractivity contribution is 5.78. The van der Waals surface area contributed by atoms with Gasteiger partial charge in [0.1, 0.15) is 0 Å². The molecule has 0 saturated carbocycles. The molecule has 1 fully saturated rings. The van der Waals surface area contributed by atoms with E-state index in [4.69, 9.17) is 4.74 Å². The standard InChI is InChI=1S/C17H24FNO2/c1-13(2)17(20)19-10-7-14(8-11-19)9-12-21-16-6-4-3-5-15(16)18/h3-6,13-14H,7-12H2,1-2H3. The van der Waals surface area contributed by atoms with Crippen LogP contribution in [0.3, 0.4) is 0 Å². The fourth-order valence-corrected chi connectivity index (χ4v) is 2.70. The van der Waals surface area contributed by atoms with Gasteiger partial charge in [0.25, 0.3) is 0 Å². The minimum atomic E-state index is -0.310. The Morgan fingerprint density at radius 3 is 2.62 bits per heavy atom. The molecule has 116 valence electrons. The van der Waals surface area contributed by atoms with Crippen LogP contribution < -0.4 is 4.74 Å². The molecule has 1 aliphatic heterocycles. The second kappa shape index (κ2) is 7.43. The van der Waals surface area contributed by atoms with Crippen molar-refractivity contribution in [1.82, 2.24) is 4.90 Å². The van der Waals surface area contributed by atoms with Gasteiger partial charge in [-0.05, 0) is 37.3 Å². The molecule has 1 amide bonds. The summed E-state index contributed by atoms with van der Waals surface area (Å²) in [5.74, 6) is 0.898. The summed E-state index contributed by atoms with van der Waals surface area (Å²) >= 11 is 0. The van der Waals surface area contributed by atoms with Gasteiger partial charge in [-0.3, -0.25) is 4.79 Å². The molecule has 1 aromatic carbocycles. The van der Waals surface area contributed by atoms with E-state index in [1.807, 2.05) is 18.7 Å². The van der Waals surface area contributed by atoms with E-state index >= 15 is 0 Å². The van der Waals surface area contributed by atoms with Crippen LogP contribution in [0.15, 0.2) is 24.3 Å². The van der Waals surface area contributed by atoms with Crippen molar-refractivity contribution in [3.05, 3.63) is 30.1 Å². The van der Waals surface area contributed by atoms with Gasteiger partial charge in [-0.25, -0.2) is 4.39 Å². The first kappa shape index (κ1) is 15.8. The Hall–Kier alpha value is -1.58. The monoisotopic (exact) mass is 293 g/mol. The SMILES string of the molecule is CC(C)C(=O)N1CCC(CCOc2ccccc2F)CC1. The van der Waals surface area contributed by atoms with Crippen molar-refractivity contribution in [3.8, 4) is 5.75 Å². The zero-order valence-electron chi connectivity index (χ0n) is 12.8. The Balaban J connectivity index is 1.70. The molecule has 2 rings (SSSR count). The second-order valence-electron chi connectivity index (χ2n) is 5.99. The Morgan fingerprint density at radius 1 is 1.33 bits per heavy atom. The maximum Gasteiger partial charge on any atom is 0.225 e. The minimum Gasteiger partial charge on any atom is -0.491 e. The van der Waals surface area contributed by atoms with Gasteiger partial charge in [-0.1, -0.05) is 26.0 Å². The van der Waals surface area contributed by atoms with E-state index in [0.29, 0.717) is 18.3 Å². The van der Waals surface area contributed by atoms with Crippen LogP contribution >= 0.6 is 0 Å². The lowest BCUT2D eigenvalue weighted by atomic mass is 9.93. The summed E-state index contributed by atoms with van der Waals surface area (Å²) in [4.78, 5) is 13.9. The number of hydrogen-bond donors (Lipinski definition) is 0. The smallest absolute Gasteiger partial charge is 0.225 e. The molecule has 1 saturated heterocycles. The van der Waals surface area contributed by atoms with E-state index in [1.54, 1.807) is 18.2 Å². The summed E-state index contributed by atoms with van der Waals surface area (Å²) in [5, 5.41) is 0. The number of likely N-dealkylation sites (tertiary alicyclic amines) is 1. The molecule has 0 unspecified atom stereocenters. The fraction of sp³-hybridized carbons (Fsp3) is 0.588. The molecule has 0 aliphatic carbocycles. The Bertz CT molecular complexity index is 468. The molecule has 0 N–H and O–H groups in total. The molecule has 0 aromatic heterocycles.